The van der Waals surface area contributed by atoms with Crippen molar-refractivity contribution in [1.82, 2.24) is 4.98 Å². The number of hydrogen-bond donors (Lipinski definition) is 1. The average Bonchev–Trinajstić information content (AvgIpc) is 2.46. The zero-order valence-corrected chi connectivity index (χ0v) is 10.9. The van der Waals surface area contributed by atoms with Gasteiger partial charge in [-0.15, -0.1) is 0 Å². The summed E-state index contributed by atoms with van der Waals surface area (Å²) in [5.41, 5.74) is 1.92. The maximum absolute atomic E-state index is 10.6. The van der Waals surface area contributed by atoms with Gasteiger partial charge in [0.1, 0.15) is 0 Å². The first-order valence-electron chi connectivity index (χ1n) is 6.32. The fraction of sp³-hybridized carbons (Fsp3) is 0.125. The van der Waals surface area contributed by atoms with Crippen molar-refractivity contribution >= 4 is 12.2 Å². The summed E-state index contributed by atoms with van der Waals surface area (Å²) >= 11 is 0. The smallest absolute Gasteiger partial charge is 0.449 e. The van der Waals surface area contributed by atoms with Crippen LogP contribution < -0.4 is 4.74 Å². The standard InChI is InChI=1S/C16H15NO3/c18-16(19)20-15-14(11-6-12-17-15)10-5-4-9-13-7-2-1-3-8-13/h1-4,6-9,11-12H,5,10H2,(H,18,19)/b9-4-. The predicted molar refractivity (Wildman–Crippen MR) is 76.7 cm³/mol. The van der Waals surface area contributed by atoms with Crippen LogP contribution in [-0.2, 0) is 6.42 Å². The highest BCUT2D eigenvalue weighted by molar-refractivity contribution is 5.61. The quantitative estimate of drug-likeness (QED) is 0.839. The second-order valence-electron chi connectivity index (χ2n) is 4.19. The fourth-order valence-corrected chi connectivity index (χ4v) is 1.81. The van der Waals surface area contributed by atoms with Gasteiger partial charge in [-0.3, -0.25) is 0 Å². The molecule has 0 atom stereocenters. The summed E-state index contributed by atoms with van der Waals surface area (Å²) in [4.78, 5) is 14.5. The van der Waals surface area contributed by atoms with Gasteiger partial charge in [0, 0.05) is 11.8 Å². The second-order valence-corrected chi connectivity index (χ2v) is 4.19. The number of hydrogen-bond acceptors (Lipinski definition) is 3. The SMILES string of the molecule is O=C(O)Oc1ncccc1CC/C=C\c1ccccc1. The number of allylic oxidation sites excluding steroid dienone is 1. The molecule has 0 saturated heterocycles. The summed E-state index contributed by atoms with van der Waals surface area (Å²) < 4.78 is 4.64. The Morgan fingerprint density at radius 3 is 2.75 bits per heavy atom. The van der Waals surface area contributed by atoms with Gasteiger partial charge in [-0.25, -0.2) is 9.78 Å². The van der Waals surface area contributed by atoms with Gasteiger partial charge in [0.05, 0.1) is 0 Å². The van der Waals surface area contributed by atoms with E-state index in [1.54, 1.807) is 6.07 Å². The molecule has 0 amide bonds. The van der Waals surface area contributed by atoms with E-state index in [-0.39, 0.29) is 5.88 Å². The largest absolute Gasteiger partial charge is 0.512 e. The van der Waals surface area contributed by atoms with Crippen molar-refractivity contribution in [3.63, 3.8) is 0 Å². The molecular weight excluding hydrogens is 254 g/mol. The van der Waals surface area contributed by atoms with E-state index in [1.807, 2.05) is 48.6 Å². The number of ether oxygens (including phenoxy) is 1. The van der Waals surface area contributed by atoms with E-state index < -0.39 is 6.16 Å². The summed E-state index contributed by atoms with van der Waals surface area (Å²) in [6.07, 6.45) is 5.73. The van der Waals surface area contributed by atoms with Gasteiger partial charge in [-0.1, -0.05) is 48.6 Å². The van der Waals surface area contributed by atoms with E-state index >= 15 is 0 Å². The van der Waals surface area contributed by atoms with Crippen LogP contribution in [0.2, 0.25) is 0 Å². The van der Waals surface area contributed by atoms with E-state index in [1.165, 1.54) is 6.20 Å². The highest BCUT2D eigenvalue weighted by Crippen LogP contribution is 2.17. The molecule has 4 nitrogen and oxygen atoms in total. The summed E-state index contributed by atoms with van der Waals surface area (Å²) in [5, 5.41) is 8.64. The number of rotatable bonds is 5. The van der Waals surface area contributed by atoms with Crippen LogP contribution in [0.5, 0.6) is 5.88 Å². The van der Waals surface area contributed by atoms with E-state index in [4.69, 9.17) is 5.11 Å². The molecule has 0 aliphatic heterocycles. The van der Waals surface area contributed by atoms with Gasteiger partial charge >= 0.3 is 6.16 Å². The molecule has 2 rings (SSSR count). The minimum atomic E-state index is -1.34. The maximum atomic E-state index is 10.6. The van der Waals surface area contributed by atoms with Gasteiger partial charge < -0.3 is 9.84 Å². The molecule has 0 aliphatic carbocycles. The number of nitrogens with zero attached hydrogens (tertiary/aromatic N) is 1. The lowest BCUT2D eigenvalue weighted by atomic mass is 10.1. The van der Waals surface area contributed by atoms with Crippen molar-refractivity contribution in [2.24, 2.45) is 0 Å². The highest BCUT2D eigenvalue weighted by Gasteiger charge is 2.07. The Morgan fingerprint density at radius 1 is 1.20 bits per heavy atom. The van der Waals surface area contributed by atoms with Gasteiger partial charge in [0.25, 0.3) is 0 Å². The molecule has 1 heterocycles. The van der Waals surface area contributed by atoms with Crippen molar-refractivity contribution in [3.8, 4) is 5.88 Å². The monoisotopic (exact) mass is 269 g/mol. The third-order valence-electron chi connectivity index (χ3n) is 2.72. The van der Waals surface area contributed by atoms with Gasteiger partial charge in [0.2, 0.25) is 5.88 Å². The zero-order chi connectivity index (χ0) is 14.2. The van der Waals surface area contributed by atoms with E-state index in [9.17, 15) is 4.79 Å². The number of pyridine rings is 1. The molecule has 1 aromatic carbocycles. The molecule has 4 heteroatoms. The summed E-state index contributed by atoms with van der Waals surface area (Å²) in [6.45, 7) is 0. The third kappa shape index (κ3) is 4.24. The Bertz CT molecular complexity index is 594. The molecule has 0 saturated carbocycles. The van der Waals surface area contributed by atoms with Crippen LogP contribution in [-0.4, -0.2) is 16.2 Å². The first-order chi connectivity index (χ1) is 9.75. The Hall–Kier alpha value is -2.62. The molecule has 102 valence electrons. The lowest BCUT2D eigenvalue weighted by Gasteiger charge is -2.04. The Balaban J connectivity index is 1.94. The normalized spacial score (nSPS) is 10.6. The number of aromatic nitrogens is 1. The number of aryl methyl sites for hydroxylation is 1. The van der Waals surface area contributed by atoms with E-state index in [0.717, 1.165) is 17.5 Å². The minimum Gasteiger partial charge on any atom is -0.449 e. The van der Waals surface area contributed by atoms with Crippen molar-refractivity contribution in [2.45, 2.75) is 12.8 Å². The first kappa shape index (κ1) is 13.8. The maximum Gasteiger partial charge on any atom is 0.512 e. The molecule has 0 aliphatic rings. The fourth-order valence-electron chi connectivity index (χ4n) is 1.81. The van der Waals surface area contributed by atoms with Crippen LogP contribution in [0.4, 0.5) is 4.79 Å². The molecule has 0 radical (unpaired) electrons. The van der Waals surface area contributed by atoms with Crippen molar-refractivity contribution < 1.29 is 14.6 Å². The lowest BCUT2D eigenvalue weighted by molar-refractivity contribution is 0.142. The summed E-state index contributed by atoms with van der Waals surface area (Å²) in [6, 6.07) is 13.6. The molecular formula is C16H15NO3. The van der Waals surface area contributed by atoms with Crippen molar-refractivity contribution in [2.75, 3.05) is 0 Å². The van der Waals surface area contributed by atoms with Crippen LogP contribution in [0.1, 0.15) is 17.5 Å². The molecule has 1 N–H and O–H groups in total. The van der Waals surface area contributed by atoms with Crippen LogP contribution >= 0.6 is 0 Å². The topological polar surface area (TPSA) is 59.4 Å². The van der Waals surface area contributed by atoms with E-state index in [0.29, 0.717) is 6.42 Å². The molecule has 20 heavy (non-hydrogen) atoms. The minimum absolute atomic E-state index is 0.160. The average molecular weight is 269 g/mol. The molecule has 0 unspecified atom stereocenters. The molecule has 0 spiro atoms. The summed E-state index contributed by atoms with van der Waals surface area (Å²) in [7, 11) is 0. The number of carbonyl (C=O) groups is 1. The van der Waals surface area contributed by atoms with Gasteiger partial charge in [0.15, 0.2) is 0 Å². The summed E-state index contributed by atoms with van der Waals surface area (Å²) in [5.74, 6) is 0.160. The predicted octanol–water partition coefficient (Wildman–Crippen LogP) is 3.78. The van der Waals surface area contributed by atoms with Crippen LogP contribution in [0.15, 0.2) is 54.7 Å². The van der Waals surface area contributed by atoms with E-state index in [2.05, 4.69) is 9.72 Å². The van der Waals surface area contributed by atoms with Crippen LogP contribution in [0, 0.1) is 0 Å². The van der Waals surface area contributed by atoms with Crippen molar-refractivity contribution in [3.05, 3.63) is 65.9 Å². The van der Waals surface area contributed by atoms with Gasteiger partial charge in [-0.2, -0.15) is 0 Å². The third-order valence-corrected chi connectivity index (χ3v) is 2.72. The Kier molecular flexibility index (Phi) is 4.89. The van der Waals surface area contributed by atoms with Crippen molar-refractivity contribution in [1.29, 1.82) is 0 Å². The molecule has 1 aromatic heterocycles. The number of benzene rings is 1. The molecule has 0 fully saturated rings. The zero-order valence-electron chi connectivity index (χ0n) is 10.9. The Morgan fingerprint density at radius 2 is 2.00 bits per heavy atom. The molecule has 0 bridgehead atoms. The van der Waals surface area contributed by atoms with Gasteiger partial charge in [-0.05, 0) is 24.5 Å². The lowest BCUT2D eigenvalue weighted by Crippen LogP contribution is -2.06. The van der Waals surface area contributed by atoms with Crippen LogP contribution in [0.25, 0.3) is 6.08 Å². The number of carboxylic acid groups (broad SMARTS) is 1. The highest BCUT2D eigenvalue weighted by atomic mass is 16.7. The molecule has 2 aromatic rings. The first-order valence-corrected chi connectivity index (χ1v) is 6.32. The van der Waals surface area contributed by atoms with Crippen LogP contribution in [0.3, 0.4) is 0 Å². The Labute approximate surface area is 117 Å². The second kappa shape index (κ2) is 7.09.